The minimum absolute atomic E-state index is 0.171. The number of aryl methyl sites for hydroxylation is 1. The van der Waals surface area contributed by atoms with E-state index in [1.165, 1.54) is 31.9 Å². The number of carbonyl (C=O) groups is 2. The first-order valence-electron chi connectivity index (χ1n) is 10.4. The number of hydrogen-bond acceptors (Lipinski definition) is 3. The van der Waals surface area contributed by atoms with Crippen molar-refractivity contribution >= 4 is 11.9 Å². The molecule has 4 heteroatoms. The largest absolute Gasteiger partial charge is 0.469 e. The summed E-state index contributed by atoms with van der Waals surface area (Å²) in [5.41, 5.74) is 2.17. The molecule has 0 aromatic heterocycles. The van der Waals surface area contributed by atoms with E-state index in [-0.39, 0.29) is 23.7 Å². The normalized spacial score (nSPS) is 31.0. The molecule has 27 heavy (non-hydrogen) atoms. The van der Waals surface area contributed by atoms with E-state index < -0.39 is 0 Å². The Bertz CT molecular complexity index is 674. The fourth-order valence-electron chi connectivity index (χ4n) is 6.20. The van der Waals surface area contributed by atoms with Gasteiger partial charge in [0.1, 0.15) is 0 Å². The second kappa shape index (κ2) is 7.29. The molecule has 4 saturated carbocycles. The topological polar surface area (TPSA) is 46.6 Å². The molecular weight excluding hydrogens is 338 g/mol. The lowest BCUT2D eigenvalue weighted by atomic mass is 9.49. The van der Waals surface area contributed by atoms with Crippen LogP contribution in [-0.2, 0) is 20.9 Å². The zero-order chi connectivity index (χ0) is 19.0. The molecule has 4 aliphatic carbocycles. The molecule has 0 heterocycles. The first-order valence-corrected chi connectivity index (χ1v) is 10.4. The van der Waals surface area contributed by atoms with Crippen LogP contribution in [-0.4, -0.2) is 30.4 Å². The van der Waals surface area contributed by atoms with E-state index in [0.29, 0.717) is 13.1 Å². The van der Waals surface area contributed by atoms with Crippen molar-refractivity contribution in [1.82, 2.24) is 4.90 Å². The quantitative estimate of drug-likeness (QED) is 0.709. The molecule has 0 spiro atoms. The van der Waals surface area contributed by atoms with Crippen LogP contribution in [0.3, 0.4) is 0 Å². The highest BCUT2D eigenvalue weighted by Gasteiger charge is 2.55. The van der Waals surface area contributed by atoms with Gasteiger partial charge in [-0.15, -0.1) is 0 Å². The van der Waals surface area contributed by atoms with Gasteiger partial charge >= 0.3 is 5.97 Å². The molecule has 4 fully saturated rings. The van der Waals surface area contributed by atoms with Gasteiger partial charge in [0.2, 0.25) is 5.91 Å². The van der Waals surface area contributed by atoms with Gasteiger partial charge < -0.3 is 9.64 Å². The number of esters is 1. The first kappa shape index (κ1) is 18.5. The van der Waals surface area contributed by atoms with Crippen LogP contribution in [0.5, 0.6) is 0 Å². The minimum Gasteiger partial charge on any atom is -0.469 e. The summed E-state index contributed by atoms with van der Waals surface area (Å²) in [5.74, 6) is 2.25. The highest BCUT2D eigenvalue weighted by Crippen LogP contribution is 2.60. The Labute approximate surface area is 162 Å². The van der Waals surface area contributed by atoms with Crippen molar-refractivity contribution in [2.45, 2.75) is 58.4 Å². The third-order valence-electron chi connectivity index (χ3n) is 7.09. The number of hydrogen-bond donors (Lipinski definition) is 0. The number of amides is 1. The van der Waals surface area contributed by atoms with Gasteiger partial charge in [0.05, 0.1) is 18.9 Å². The van der Waals surface area contributed by atoms with Crippen molar-refractivity contribution in [3.05, 3.63) is 35.4 Å². The molecule has 0 radical (unpaired) electrons. The molecule has 4 bridgehead atoms. The molecule has 4 aliphatic rings. The van der Waals surface area contributed by atoms with Crippen LogP contribution < -0.4 is 0 Å². The predicted octanol–water partition coefficient (Wildman–Crippen LogP) is 4.10. The lowest BCUT2D eigenvalue weighted by molar-refractivity contribution is -0.159. The number of benzene rings is 1. The van der Waals surface area contributed by atoms with Crippen molar-refractivity contribution in [3.63, 3.8) is 0 Å². The van der Waals surface area contributed by atoms with E-state index in [2.05, 4.69) is 31.2 Å². The molecule has 0 N–H and O–H groups in total. The first-order chi connectivity index (χ1) is 13.0. The zero-order valence-corrected chi connectivity index (χ0v) is 16.6. The van der Waals surface area contributed by atoms with Crippen LogP contribution in [0.15, 0.2) is 24.3 Å². The van der Waals surface area contributed by atoms with Gasteiger partial charge in [-0.25, -0.2) is 0 Å². The Balaban J connectivity index is 1.54. The van der Waals surface area contributed by atoms with E-state index in [1.807, 2.05) is 4.90 Å². The molecule has 1 amide bonds. The zero-order valence-electron chi connectivity index (χ0n) is 16.6. The van der Waals surface area contributed by atoms with Crippen LogP contribution in [0, 0.1) is 30.1 Å². The summed E-state index contributed by atoms with van der Waals surface area (Å²) in [5, 5.41) is 0. The Kier molecular flexibility index (Phi) is 5.00. The van der Waals surface area contributed by atoms with Crippen molar-refractivity contribution in [2.24, 2.45) is 23.2 Å². The van der Waals surface area contributed by atoms with Crippen LogP contribution in [0.4, 0.5) is 0 Å². The molecule has 0 unspecified atom stereocenters. The van der Waals surface area contributed by atoms with E-state index in [0.717, 1.165) is 42.6 Å². The van der Waals surface area contributed by atoms with Gasteiger partial charge in [-0.1, -0.05) is 29.8 Å². The van der Waals surface area contributed by atoms with Gasteiger partial charge in [-0.2, -0.15) is 0 Å². The summed E-state index contributed by atoms with van der Waals surface area (Å²) in [6, 6.07) is 8.35. The summed E-state index contributed by atoms with van der Waals surface area (Å²) in [7, 11) is 1.41. The number of ether oxygens (including phenoxy) is 1. The highest BCUT2D eigenvalue weighted by molar-refractivity contribution is 5.84. The van der Waals surface area contributed by atoms with Crippen molar-refractivity contribution in [3.8, 4) is 0 Å². The van der Waals surface area contributed by atoms with Crippen LogP contribution in [0.25, 0.3) is 0 Å². The van der Waals surface area contributed by atoms with Gasteiger partial charge in [-0.3, -0.25) is 9.59 Å². The SMILES string of the molecule is COC(=O)CCN(Cc1ccc(C)cc1)C(=O)C12CC3CC(CC(C3)C1)C2. The van der Waals surface area contributed by atoms with Gasteiger partial charge in [0.25, 0.3) is 0 Å². The number of methoxy groups -OCH3 is 1. The smallest absolute Gasteiger partial charge is 0.307 e. The summed E-state index contributed by atoms with van der Waals surface area (Å²) in [6.07, 6.45) is 7.41. The fourth-order valence-corrected chi connectivity index (χ4v) is 6.20. The minimum atomic E-state index is -0.248. The molecule has 146 valence electrons. The molecule has 1 aromatic rings. The lowest BCUT2D eigenvalue weighted by Crippen LogP contribution is -2.54. The Hall–Kier alpha value is -1.84. The van der Waals surface area contributed by atoms with E-state index >= 15 is 0 Å². The number of carbonyl (C=O) groups excluding carboxylic acids is 2. The molecule has 0 aliphatic heterocycles. The van der Waals surface area contributed by atoms with E-state index in [4.69, 9.17) is 4.74 Å². The maximum atomic E-state index is 13.7. The lowest BCUT2D eigenvalue weighted by Gasteiger charge is -2.56. The number of nitrogens with zero attached hydrogens (tertiary/aromatic N) is 1. The summed E-state index contributed by atoms with van der Waals surface area (Å²) < 4.78 is 4.82. The van der Waals surface area contributed by atoms with E-state index in [9.17, 15) is 9.59 Å². The van der Waals surface area contributed by atoms with Crippen molar-refractivity contribution in [1.29, 1.82) is 0 Å². The molecule has 0 saturated heterocycles. The Morgan fingerprint density at radius 3 is 2.11 bits per heavy atom. The molecule has 0 atom stereocenters. The Morgan fingerprint density at radius 2 is 1.59 bits per heavy atom. The summed E-state index contributed by atoms with van der Waals surface area (Å²) in [6.45, 7) is 3.10. The predicted molar refractivity (Wildman–Crippen MR) is 104 cm³/mol. The third kappa shape index (κ3) is 3.76. The van der Waals surface area contributed by atoms with Crippen LogP contribution in [0.1, 0.15) is 56.1 Å². The molecule has 4 nitrogen and oxygen atoms in total. The molecule has 1 aromatic carbocycles. The monoisotopic (exact) mass is 369 g/mol. The Morgan fingerprint density at radius 1 is 1.04 bits per heavy atom. The maximum Gasteiger partial charge on any atom is 0.307 e. The van der Waals surface area contributed by atoms with Crippen LogP contribution >= 0.6 is 0 Å². The van der Waals surface area contributed by atoms with Gasteiger partial charge in [0.15, 0.2) is 0 Å². The summed E-state index contributed by atoms with van der Waals surface area (Å²) >= 11 is 0. The highest BCUT2D eigenvalue weighted by atomic mass is 16.5. The van der Waals surface area contributed by atoms with Crippen molar-refractivity contribution in [2.75, 3.05) is 13.7 Å². The van der Waals surface area contributed by atoms with Crippen molar-refractivity contribution < 1.29 is 14.3 Å². The van der Waals surface area contributed by atoms with Gasteiger partial charge in [0, 0.05) is 13.1 Å². The molecular formula is C23H31NO3. The average molecular weight is 370 g/mol. The second-order valence-electron chi connectivity index (χ2n) is 9.24. The maximum absolute atomic E-state index is 13.7. The van der Waals surface area contributed by atoms with Gasteiger partial charge in [-0.05, 0) is 68.8 Å². The standard InChI is InChI=1S/C23H31NO3/c1-16-3-5-17(6-4-16)15-24(8-7-21(25)27-2)22(26)23-12-18-9-19(13-23)11-20(10-18)14-23/h3-6,18-20H,7-15H2,1-2H3. The number of rotatable bonds is 6. The second-order valence-corrected chi connectivity index (χ2v) is 9.24. The third-order valence-corrected chi connectivity index (χ3v) is 7.09. The van der Waals surface area contributed by atoms with Crippen LogP contribution in [0.2, 0.25) is 0 Å². The molecule has 5 rings (SSSR count). The summed E-state index contributed by atoms with van der Waals surface area (Å²) in [4.78, 5) is 27.4. The fraction of sp³-hybridized carbons (Fsp3) is 0.652. The van der Waals surface area contributed by atoms with E-state index in [1.54, 1.807) is 0 Å². The average Bonchev–Trinajstić information content (AvgIpc) is 2.64.